The summed E-state index contributed by atoms with van der Waals surface area (Å²) in [4.78, 5) is 4.81. The molecule has 20 heavy (non-hydrogen) atoms. The molecule has 1 aromatic heterocycles. The fourth-order valence-corrected chi connectivity index (χ4v) is 2.92. The number of hydrogen-bond acceptors (Lipinski definition) is 5. The molecule has 0 aromatic carbocycles. The van der Waals surface area contributed by atoms with Crippen LogP contribution in [-0.4, -0.2) is 54.2 Å². The summed E-state index contributed by atoms with van der Waals surface area (Å²) in [5.41, 5.74) is 1.03. The molecule has 1 aliphatic heterocycles. The third-order valence-corrected chi connectivity index (χ3v) is 4.39. The van der Waals surface area contributed by atoms with Gasteiger partial charge in [0, 0.05) is 31.2 Å². The van der Waals surface area contributed by atoms with Crippen molar-refractivity contribution in [2.75, 3.05) is 27.2 Å². The van der Waals surface area contributed by atoms with E-state index in [4.69, 9.17) is 4.52 Å². The molecule has 1 atom stereocenters. The van der Waals surface area contributed by atoms with Gasteiger partial charge in [0.2, 0.25) is 0 Å². The Hall–Kier alpha value is -0.910. The first-order valence-electron chi connectivity index (χ1n) is 7.77. The molecule has 0 amide bonds. The van der Waals surface area contributed by atoms with E-state index in [1.807, 2.05) is 0 Å². The van der Waals surface area contributed by atoms with Gasteiger partial charge in [-0.3, -0.25) is 4.90 Å². The summed E-state index contributed by atoms with van der Waals surface area (Å²) in [5, 5.41) is 7.62. The van der Waals surface area contributed by atoms with Gasteiger partial charge in [0.05, 0.1) is 12.2 Å². The third kappa shape index (κ3) is 3.81. The first kappa shape index (κ1) is 14.0. The zero-order valence-electron chi connectivity index (χ0n) is 12.6. The van der Waals surface area contributed by atoms with Crippen molar-refractivity contribution in [1.29, 1.82) is 0 Å². The van der Waals surface area contributed by atoms with Crippen molar-refractivity contribution in [1.82, 2.24) is 20.3 Å². The molecule has 1 unspecified atom stereocenters. The highest BCUT2D eigenvalue weighted by Gasteiger charge is 2.23. The van der Waals surface area contributed by atoms with E-state index < -0.39 is 0 Å². The topological polar surface area (TPSA) is 44.5 Å². The van der Waals surface area contributed by atoms with Crippen LogP contribution in [0.3, 0.4) is 0 Å². The van der Waals surface area contributed by atoms with Gasteiger partial charge in [-0.15, -0.1) is 0 Å². The van der Waals surface area contributed by atoms with Crippen LogP contribution >= 0.6 is 0 Å². The van der Waals surface area contributed by atoms with E-state index in [0.29, 0.717) is 6.04 Å². The second-order valence-corrected chi connectivity index (χ2v) is 6.41. The van der Waals surface area contributed by atoms with Crippen LogP contribution in [0.1, 0.15) is 37.1 Å². The fourth-order valence-electron chi connectivity index (χ4n) is 2.92. The van der Waals surface area contributed by atoms with Crippen molar-refractivity contribution in [2.24, 2.45) is 0 Å². The Morgan fingerprint density at radius 2 is 2.30 bits per heavy atom. The molecule has 3 rings (SSSR count). The summed E-state index contributed by atoms with van der Waals surface area (Å²) in [5.74, 6) is 0.980. The number of nitrogens with zero attached hydrogens (tertiary/aromatic N) is 3. The van der Waals surface area contributed by atoms with E-state index in [-0.39, 0.29) is 0 Å². The van der Waals surface area contributed by atoms with Gasteiger partial charge in [-0.05, 0) is 46.3 Å². The first-order valence-corrected chi connectivity index (χ1v) is 7.77. The minimum absolute atomic E-state index is 0.631. The van der Waals surface area contributed by atoms with E-state index in [9.17, 15) is 0 Å². The van der Waals surface area contributed by atoms with Gasteiger partial charge < -0.3 is 14.7 Å². The van der Waals surface area contributed by atoms with Crippen LogP contribution in [0.4, 0.5) is 0 Å². The largest absolute Gasteiger partial charge is 0.360 e. The minimum atomic E-state index is 0.631. The Balaban J connectivity index is 1.48. The van der Waals surface area contributed by atoms with Crippen molar-refractivity contribution in [3.63, 3.8) is 0 Å². The average molecular weight is 278 g/mol. The molecule has 5 heteroatoms. The summed E-state index contributed by atoms with van der Waals surface area (Å²) in [6.45, 7) is 4.07. The lowest BCUT2D eigenvalue weighted by molar-refractivity contribution is 0.121. The highest BCUT2D eigenvalue weighted by molar-refractivity contribution is 5.06. The van der Waals surface area contributed by atoms with Gasteiger partial charge in [0.1, 0.15) is 0 Å². The SMILES string of the molecule is CN1CCCC(N(C)Cc2cc(CNC3CC3)no2)C1. The Morgan fingerprint density at radius 3 is 3.05 bits per heavy atom. The molecule has 1 aromatic rings. The maximum absolute atomic E-state index is 5.46. The Labute approximate surface area is 121 Å². The van der Waals surface area contributed by atoms with Crippen molar-refractivity contribution in [3.8, 4) is 0 Å². The molecule has 5 nitrogen and oxygen atoms in total. The molecule has 0 bridgehead atoms. The van der Waals surface area contributed by atoms with Crippen LogP contribution in [0.25, 0.3) is 0 Å². The second-order valence-electron chi connectivity index (χ2n) is 6.41. The first-order chi connectivity index (χ1) is 9.70. The van der Waals surface area contributed by atoms with Crippen molar-refractivity contribution < 1.29 is 4.52 Å². The van der Waals surface area contributed by atoms with E-state index in [1.165, 1.54) is 32.2 Å². The lowest BCUT2D eigenvalue weighted by Gasteiger charge is -2.35. The van der Waals surface area contributed by atoms with Crippen LogP contribution < -0.4 is 5.32 Å². The standard InChI is InChI=1S/C15H26N4O/c1-18-7-3-4-14(10-18)19(2)11-15-8-13(17-20-15)9-16-12-5-6-12/h8,12,14,16H,3-7,9-11H2,1-2H3. The molecule has 0 radical (unpaired) electrons. The Bertz CT molecular complexity index is 429. The highest BCUT2D eigenvalue weighted by atomic mass is 16.5. The van der Waals surface area contributed by atoms with Crippen LogP contribution in [0.2, 0.25) is 0 Å². The van der Waals surface area contributed by atoms with Crippen LogP contribution in [0.15, 0.2) is 10.6 Å². The van der Waals surface area contributed by atoms with Gasteiger partial charge in [0.15, 0.2) is 5.76 Å². The monoisotopic (exact) mass is 278 g/mol. The molecule has 1 aliphatic carbocycles. The quantitative estimate of drug-likeness (QED) is 0.853. The Kier molecular flexibility index (Phi) is 4.38. The smallest absolute Gasteiger partial charge is 0.151 e. The van der Waals surface area contributed by atoms with Gasteiger partial charge >= 0.3 is 0 Å². The molecule has 1 saturated carbocycles. The van der Waals surface area contributed by atoms with Gasteiger partial charge in [-0.25, -0.2) is 0 Å². The van der Waals surface area contributed by atoms with Crippen molar-refractivity contribution in [2.45, 2.75) is 50.9 Å². The average Bonchev–Trinajstić information content (AvgIpc) is 3.16. The van der Waals surface area contributed by atoms with Gasteiger partial charge in [-0.1, -0.05) is 5.16 Å². The van der Waals surface area contributed by atoms with E-state index in [1.54, 1.807) is 0 Å². The molecule has 2 heterocycles. The molecule has 2 fully saturated rings. The number of piperidine rings is 1. The highest BCUT2D eigenvalue weighted by Crippen LogP contribution is 2.20. The summed E-state index contributed by atoms with van der Waals surface area (Å²) in [7, 11) is 4.39. The molecular weight excluding hydrogens is 252 g/mol. The minimum Gasteiger partial charge on any atom is -0.360 e. The number of hydrogen-bond donors (Lipinski definition) is 1. The number of rotatable bonds is 6. The molecule has 0 spiro atoms. The third-order valence-electron chi connectivity index (χ3n) is 4.39. The molecule has 1 saturated heterocycles. The van der Waals surface area contributed by atoms with Crippen LogP contribution in [0, 0.1) is 0 Å². The molecule has 1 N–H and O–H groups in total. The van der Waals surface area contributed by atoms with Crippen molar-refractivity contribution in [3.05, 3.63) is 17.5 Å². The zero-order valence-corrected chi connectivity index (χ0v) is 12.6. The predicted octanol–water partition coefficient (Wildman–Crippen LogP) is 1.45. The van der Waals surface area contributed by atoms with Gasteiger partial charge in [0.25, 0.3) is 0 Å². The summed E-state index contributed by atoms with van der Waals surface area (Å²) in [6.07, 6.45) is 5.19. The van der Waals surface area contributed by atoms with Crippen molar-refractivity contribution >= 4 is 0 Å². The van der Waals surface area contributed by atoms with Crippen LogP contribution in [0.5, 0.6) is 0 Å². The summed E-state index contributed by atoms with van der Waals surface area (Å²) in [6, 6.07) is 3.45. The lowest BCUT2D eigenvalue weighted by atomic mass is 10.1. The molecule has 2 aliphatic rings. The van der Waals surface area contributed by atoms with E-state index in [0.717, 1.165) is 37.1 Å². The molecule has 112 valence electrons. The number of likely N-dealkylation sites (N-methyl/N-ethyl adjacent to an activating group) is 2. The Morgan fingerprint density at radius 1 is 1.45 bits per heavy atom. The summed E-state index contributed by atoms with van der Waals surface area (Å²) >= 11 is 0. The van der Waals surface area contributed by atoms with Crippen LogP contribution in [-0.2, 0) is 13.1 Å². The normalized spacial score (nSPS) is 24.4. The fraction of sp³-hybridized carbons (Fsp3) is 0.800. The second kappa shape index (κ2) is 6.24. The summed E-state index contributed by atoms with van der Waals surface area (Å²) < 4.78 is 5.46. The maximum atomic E-state index is 5.46. The lowest BCUT2D eigenvalue weighted by Crippen LogP contribution is -2.44. The molecular formula is C15H26N4O. The zero-order chi connectivity index (χ0) is 13.9. The van der Waals surface area contributed by atoms with E-state index in [2.05, 4.69) is 40.4 Å². The predicted molar refractivity (Wildman–Crippen MR) is 78.4 cm³/mol. The number of aromatic nitrogens is 1. The number of likely N-dealkylation sites (tertiary alicyclic amines) is 1. The van der Waals surface area contributed by atoms with E-state index >= 15 is 0 Å². The number of nitrogens with one attached hydrogen (secondary N) is 1. The van der Waals surface area contributed by atoms with Gasteiger partial charge in [-0.2, -0.15) is 0 Å². The maximum Gasteiger partial charge on any atom is 0.151 e.